The summed E-state index contributed by atoms with van der Waals surface area (Å²) in [5.41, 5.74) is 4.78. The molecule has 4 aromatic rings. The Morgan fingerprint density at radius 3 is 2.34 bits per heavy atom. The van der Waals surface area contributed by atoms with Gasteiger partial charge in [0, 0.05) is 17.6 Å². The Kier molecular flexibility index (Phi) is 7.06. The van der Waals surface area contributed by atoms with E-state index in [9.17, 15) is 9.59 Å². The average Bonchev–Trinajstić information content (AvgIpc) is 2.86. The molecular weight excluding hydrogens is 442 g/mol. The number of benzene rings is 3. The number of nitrogens with one attached hydrogen (secondary N) is 2. The second kappa shape index (κ2) is 10.3. The van der Waals surface area contributed by atoms with Crippen LogP contribution in [0.2, 0.25) is 0 Å². The molecule has 35 heavy (non-hydrogen) atoms. The van der Waals surface area contributed by atoms with Crippen molar-refractivity contribution in [2.24, 2.45) is 0 Å². The molecule has 180 valence electrons. The Bertz CT molecular complexity index is 1410. The van der Waals surface area contributed by atoms with Crippen molar-refractivity contribution in [2.45, 2.75) is 26.9 Å². The molecular formula is C28H29N3O4. The smallest absolute Gasteiger partial charge is 0.322 e. The van der Waals surface area contributed by atoms with Crippen LogP contribution in [0.15, 0.2) is 71.5 Å². The fraction of sp³-hybridized carbons (Fsp3) is 0.214. The highest BCUT2D eigenvalue weighted by Crippen LogP contribution is 2.24. The van der Waals surface area contributed by atoms with Gasteiger partial charge in [0.05, 0.1) is 26.5 Å². The lowest BCUT2D eigenvalue weighted by atomic mass is 10.0. The topological polar surface area (TPSA) is 83.7 Å². The quantitative estimate of drug-likeness (QED) is 0.378. The number of hydrogen-bond donors (Lipinski definition) is 2. The van der Waals surface area contributed by atoms with Gasteiger partial charge in [-0.1, -0.05) is 24.3 Å². The van der Waals surface area contributed by atoms with E-state index in [0.29, 0.717) is 23.5 Å². The Hall–Kier alpha value is -4.26. The molecule has 0 spiro atoms. The van der Waals surface area contributed by atoms with Gasteiger partial charge in [-0.3, -0.25) is 4.79 Å². The highest BCUT2D eigenvalue weighted by molar-refractivity contribution is 5.91. The second-order valence-electron chi connectivity index (χ2n) is 8.48. The average molecular weight is 472 g/mol. The molecule has 0 atom stereocenters. The predicted molar refractivity (Wildman–Crippen MR) is 138 cm³/mol. The lowest BCUT2D eigenvalue weighted by Crippen LogP contribution is -2.35. The van der Waals surface area contributed by atoms with E-state index in [-0.39, 0.29) is 18.1 Å². The maximum absolute atomic E-state index is 13.4. The van der Waals surface area contributed by atoms with Crippen molar-refractivity contribution in [1.82, 2.24) is 9.88 Å². The summed E-state index contributed by atoms with van der Waals surface area (Å²) < 4.78 is 10.6. The predicted octanol–water partition coefficient (Wildman–Crippen LogP) is 5.40. The molecule has 2 amide bonds. The Morgan fingerprint density at radius 2 is 1.63 bits per heavy atom. The van der Waals surface area contributed by atoms with Gasteiger partial charge in [-0.2, -0.15) is 0 Å². The highest BCUT2D eigenvalue weighted by atomic mass is 16.5. The third-order valence-electron chi connectivity index (χ3n) is 6.06. The molecule has 3 aromatic carbocycles. The number of carbonyl (C=O) groups is 1. The molecule has 1 aromatic heterocycles. The van der Waals surface area contributed by atoms with Crippen LogP contribution in [-0.4, -0.2) is 30.1 Å². The van der Waals surface area contributed by atoms with E-state index in [1.165, 1.54) is 0 Å². The number of aryl methyl sites for hydroxylation is 2. The van der Waals surface area contributed by atoms with Crippen LogP contribution < -0.4 is 20.3 Å². The second-order valence-corrected chi connectivity index (χ2v) is 8.48. The number of aromatic nitrogens is 1. The number of hydrogen-bond acceptors (Lipinski definition) is 4. The molecule has 7 heteroatoms. The maximum atomic E-state index is 13.4. The number of anilines is 1. The summed E-state index contributed by atoms with van der Waals surface area (Å²) >= 11 is 0. The van der Waals surface area contributed by atoms with Crippen molar-refractivity contribution in [3.63, 3.8) is 0 Å². The molecule has 0 aliphatic carbocycles. The summed E-state index contributed by atoms with van der Waals surface area (Å²) in [7, 11) is 3.16. The molecule has 0 saturated carbocycles. The van der Waals surface area contributed by atoms with Gasteiger partial charge < -0.3 is 24.7 Å². The molecule has 0 saturated heterocycles. The SMILES string of the molecule is COc1ccc(CN(Cc2cc3cc(C)c(C)cc3[nH]c2=O)C(=O)Nc2ccccc2OC)cc1. The van der Waals surface area contributed by atoms with Crippen molar-refractivity contribution in [3.05, 3.63) is 99.3 Å². The summed E-state index contributed by atoms with van der Waals surface area (Å²) in [5, 5.41) is 3.85. The first-order valence-electron chi connectivity index (χ1n) is 11.3. The summed E-state index contributed by atoms with van der Waals surface area (Å²) in [4.78, 5) is 30.9. The van der Waals surface area contributed by atoms with Gasteiger partial charge >= 0.3 is 6.03 Å². The third-order valence-corrected chi connectivity index (χ3v) is 6.06. The molecule has 0 fully saturated rings. The Morgan fingerprint density at radius 1 is 0.914 bits per heavy atom. The Labute approximate surface area is 204 Å². The van der Waals surface area contributed by atoms with Crippen LogP contribution in [0, 0.1) is 13.8 Å². The molecule has 0 aliphatic heterocycles. The zero-order valence-electron chi connectivity index (χ0n) is 20.3. The number of para-hydroxylation sites is 2. The number of fused-ring (bicyclic) bond motifs is 1. The highest BCUT2D eigenvalue weighted by Gasteiger charge is 2.19. The summed E-state index contributed by atoms with van der Waals surface area (Å²) in [6, 6.07) is 20.2. The van der Waals surface area contributed by atoms with Crippen molar-refractivity contribution in [1.29, 1.82) is 0 Å². The number of ether oxygens (including phenoxy) is 2. The zero-order chi connectivity index (χ0) is 24.9. The number of nitrogens with zero attached hydrogens (tertiary/aromatic N) is 1. The minimum Gasteiger partial charge on any atom is -0.497 e. The normalized spacial score (nSPS) is 10.7. The standard InChI is InChI=1S/C28H29N3O4/c1-18-13-21-15-22(27(32)29-25(21)14-19(18)2)17-31(16-20-9-11-23(34-3)12-10-20)28(33)30-24-7-5-6-8-26(24)35-4/h5-15H,16-17H2,1-4H3,(H,29,32)(H,30,33). The van der Waals surface area contributed by atoms with Crippen LogP contribution in [0.5, 0.6) is 11.5 Å². The van der Waals surface area contributed by atoms with Gasteiger partial charge in [0.15, 0.2) is 0 Å². The zero-order valence-corrected chi connectivity index (χ0v) is 20.3. The monoisotopic (exact) mass is 471 g/mol. The van der Waals surface area contributed by atoms with Crippen molar-refractivity contribution < 1.29 is 14.3 Å². The van der Waals surface area contributed by atoms with Crippen LogP contribution in [0.3, 0.4) is 0 Å². The number of methoxy groups -OCH3 is 2. The molecule has 0 unspecified atom stereocenters. The van der Waals surface area contributed by atoms with Crippen LogP contribution in [0.4, 0.5) is 10.5 Å². The molecule has 7 nitrogen and oxygen atoms in total. The van der Waals surface area contributed by atoms with Crippen LogP contribution in [0.25, 0.3) is 10.9 Å². The number of urea groups is 1. The van der Waals surface area contributed by atoms with E-state index in [0.717, 1.165) is 33.3 Å². The summed E-state index contributed by atoms with van der Waals surface area (Å²) in [6.45, 7) is 4.48. The molecule has 0 radical (unpaired) electrons. The molecule has 2 N–H and O–H groups in total. The van der Waals surface area contributed by atoms with Gasteiger partial charge in [-0.15, -0.1) is 0 Å². The number of pyridine rings is 1. The molecule has 0 aliphatic rings. The minimum absolute atomic E-state index is 0.130. The van der Waals surface area contributed by atoms with E-state index in [1.54, 1.807) is 31.3 Å². The van der Waals surface area contributed by atoms with Crippen LogP contribution in [0.1, 0.15) is 22.3 Å². The van der Waals surface area contributed by atoms with E-state index in [2.05, 4.69) is 10.3 Å². The van der Waals surface area contributed by atoms with Crippen molar-refractivity contribution >= 4 is 22.6 Å². The van der Waals surface area contributed by atoms with Crippen LogP contribution in [-0.2, 0) is 13.1 Å². The molecule has 4 rings (SSSR count). The van der Waals surface area contributed by atoms with Crippen molar-refractivity contribution in [2.75, 3.05) is 19.5 Å². The number of amides is 2. The number of aromatic amines is 1. The largest absolute Gasteiger partial charge is 0.497 e. The van der Waals surface area contributed by atoms with E-state index >= 15 is 0 Å². The summed E-state index contributed by atoms with van der Waals surface area (Å²) in [5.74, 6) is 1.29. The minimum atomic E-state index is -0.343. The van der Waals surface area contributed by atoms with Gasteiger partial charge in [-0.25, -0.2) is 4.79 Å². The summed E-state index contributed by atoms with van der Waals surface area (Å²) in [6.07, 6.45) is 0. The lowest BCUT2D eigenvalue weighted by Gasteiger charge is -2.24. The molecule has 1 heterocycles. The van der Waals surface area contributed by atoms with E-state index in [4.69, 9.17) is 9.47 Å². The van der Waals surface area contributed by atoms with Crippen LogP contribution >= 0.6 is 0 Å². The Balaban J connectivity index is 1.67. The molecule has 0 bridgehead atoms. The number of rotatable bonds is 7. The maximum Gasteiger partial charge on any atom is 0.322 e. The number of carbonyl (C=O) groups excluding carboxylic acids is 1. The fourth-order valence-electron chi connectivity index (χ4n) is 3.94. The first kappa shape index (κ1) is 23.9. The van der Waals surface area contributed by atoms with Crippen molar-refractivity contribution in [3.8, 4) is 11.5 Å². The fourth-order valence-corrected chi connectivity index (χ4v) is 3.94. The van der Waals surface area contributed by atoms with Gasteiger partial charge in [0.1, 0.15) is 11.5 Å². The van der Waals surface area contributed by atoms with E-state index in [1.807, 2.05) is 68.4 Å². The number of H-pyrrole nitrogens is 1. The third kappa shape index (κ3) is 5.46. The van der Waals surface area contributed by atoms with E-state index < -0.39 is 0 Å². The van der Waals surface area contributed by atoms with Gasteiger partial charge in [-0.05, 0) is 78.4 Å². The van der Waals surface area contributed by atoms with Gasteiger partial charge in [0.25, 0.3) is 5.56 Å². The van der Waals surface area contributed by atoms with Gasteiger partial charge in [0.2, 0.25) is 0 Å². The first-order valence-corrected chi connectivity index (χ1v) is 11.3. The first-order chi connectivity index (χ1) is 16.9. The lowest BCUT2D eigenvalue weighted by molar-refractivity contribution is 0.206.